The molecule has 1 amide bonds. The van der Waals surface area contributed by atoms with Crippen molar-refractivity contribution in [3.63, 3.8) is 0 Å². The first-order chi connectivity index (χ1) is 11.8. The van der Waals surface area contributed by atoms with E-state index in [1.807, 2.05) is 18.2 Å². The van der Waals surface area contributed by atoms with E-state index in [2.05, 4.69) is 40.4 Å². The van der Waals surface area contributed by atoms with Crippen LogP contribution in [0.5, 0.6) is 0 Å². The first kappa shape index (κ1) is 16.9. The van der Waals surface area contributed by atoms with Gasteiger partial charge in [-0.3, -0.25) is 4.79 Å². The monoisotopic (exact) mass is 357 g/mol. The number of amides is 1. The Morgan fingerprint density at radius 3 is 2.88 bits per heavy atom. The van der Waals surface area contributed by atoms with Crippen molar-refractivity contribution in [3.05, 3.63) is 42.7 Å². The molecule has 1 aromatic carbocycles. The molecule has 3 rings (SSSR count). The summed E-state index contributed by atoms with van der Waals surface area (Å²) in [6.07, 6.45) is 3.67. The molecule has 0 atom stereocenters. The van der Waals surface area contributed by atoms with Gasteiger partial charge in [-0.2, -0.15) is 0 Å². The van der Waals surface area contributed by atoms with E-state index >= 15 is 0 Å². The minimum atomic E-state index is 0.0544. The van der Waals surface area contributed by atoms with Crippen LogP contribution in [0.1, 0.15) is 19.8 Å². The van der Waals surface area contributed by atoms with Crippen molar-refractivity contribution in [1.82, 2.24) is 15.3 Å². The van der Waals surface area contributed by atoms with Gasteiger partial charge in [0.1, 0.15) is 16.2 Å². The third-order valence-electron chi connectivity index (χ3n) is 3.54. The van der Waals surface area contributed by atoms with Crippen LogP contribution < -0.4 is 5.32 Å². The standard InChI is InChI=1S/C18H19N3OS2/c1-2-3-9-19-16(22)11-23-17-14-10-15(13-7-5-4-6-8-13)24-18(14)21-12-20-17/h4-8,10,12H,2-3,9,11H2,1H3,(H,19,22). The molecule has 0 radical (unpaired) electrons. The highest BCUT2D eigenvalue weighted by molar-refractivity contribution is 8.00. The Balaban J connectivity index is 1.74. The SMILES string of the molecule is CCCCNC(=O)CSc1ncnc2sc(-c3ccccc3)cc12. The van der Waals surface area contributed by atoms with Crippen molar-refractivity contribution < 1.29 is 4.79 Å². The quantitative estimate of drug-likeness (QED) is 0.388. The third-order valence-corrected chi connectivity index (χ3v) is 5.64. The minimum Gasteiger partial charge on any atom is -0.355 e. The Kier molecular flexibility index (Phi) is 5.82. The number of carbonyl (C=O) groups excluding carboxylic acids is 1. The van der Waals surface area contributed by atoms with Crippen LogP contribution in [0.25, 0.3) is 20.7 Å². The maximum absolute atomic E-state index is 11.9. The molecule has 2 aromatic heterocycles. The van der Waals surface area contributed by atoms with Gasteiger partial charge in [0.15, 0.2) is 0 Å². The van der Waals surface area contributed by atoms with Crippen molar-refractivity contribution in [2.24, 2.45) is 0 Å². The summed E-state index contributed by atoms with van der Waals surface area (Å²) >= 11 is 3.12. The number of benzene rings is 1. The lowest BCUT2D eigenvalue weighted by Gasteiger charge is -2.04. The number of thioether (sulfide) groups is 1. The van der Waals surface area contributed by atoms with Gasteiger partial charge >= 0.3 is 0 Å². The lowest BCUT2D eigenvalue weighted by molar-refractivity contribution is -0.118. The minimum absolute atomic E-state index is 0.0544. The lowest BCUT2D eigenvalue weighted by atomic mass is 10.2. The van der Waals surface area contributed by atoms with Crippen molar-refractivity contribution in [2.45, 2.75) is 24.8 Å². The molecule has 1 N–H and O–H groups in total. The summed E-state index contributed by atoms with van der Waals surface area (Å²) in [5, 5.41) is 4.82. The van der Waals surface area contributed by atoms with Crippen LogP contribution in [0.3, 0.4) is 0 Å². The number of unbranched alkanes of at least 4 members (excludes halogenated alkanes) is 1. The first-order valence-electron chi connectivity index (χ1n) is 7.97. The van der Waals surface area contributed by atoms with Gasteiger partial charge in [0.2, 0.25) is 5.91 Å². The fourth-order valence-corrected chi connectivity index (χ4v) is 4.15. The Morgan fingerprint density at radius 1 is 1.25 bits per heavy atom. The molecule has 0 aliphatic carbocycles. The largest absolute Gasteiger partial charge is 0.355 e. The van der Waals surface area contributed by atoms with Gasteiger partial charge in [-0.25, -0.2) is 9.97 Å². The number of hydrogen-bond acceptors (Lipinski definition) is 5. The van der Waals surface area contributed by atoms with E-state index in [1.54, 1.807) is 17.7 Å². The summed E-state index contributed by atoms with van der Waals surface area (Å²) in [5.74, 6) is 0.436. The molecule has 0 fully saturated rings. The van der Waals surface area contributed by atoms with Crippen LogP contribution in [0, 0.1) is 0 Å². The molecule has 0 aliphatic rings. The van der Waals surface area contributed by atoms with Crippen LogP contribution in [-0.4, -0.2) is 28.2 Å². The zero-order valence-electron chi connectivity index (χ0n) is 13.5. The van der Waals surface area contributed by atoms with Gasteiger partial charge in [0.25, 0.3) is 0 Å². The Hall–Kier alpha value is -1.92. The number of nitrogens with zero attached hydrogens (tertiary/aromatic N) is 2. The second-order valence-electron chi connectivity index (χ2n) is 5.37. The molecule has 2 heterocycles. The van der Waals surface area contributed by atoms with Crippen molar-refractivity contribution in [1.29, 1.82) is 0 Å². The molecule has 0 unspecified atom stereocenters. The Bertz CT molecular complexity index is 818. The van der Waals surface area contributed by atoms with E-state index in [0.29, 0.717) is 5.75 Å². The van der Waals surface area contributed by atoms with Crippen molar-refractivity contribution in [3.8, 4) is 10.4 Å². The van der Waals surface area contributed by atoms with E-state index in [0.717, 1.165) is 34.6 Å². The lowest BCUT2D eigenvalue weighted by Crippen LogP contribution is -2.26. The molecule has 0 spiro atoms. The number of aromatic nitrogens is 2. The van der Waals surface area contributed by atoms with E-state index < -0.39 is 0 Å². The molecule has 0 saturated carbocycles. The molecule has 0 aliphatic heterocycles. The molecule has 4 nitrogen and oxygen atoms in total. The Labute approximate surface area is 149 Å². The van der Waals surface area contributed by atoms with Crippen molar-refractivity contribution >= 4 is 39.2 Å². The highest BCUT2D eigenvalue weighted by Crippen LogP contribution is 2.35. The molecule has 3 aromatic rings. The summed E-state index contributed by atoms with van der Waals surface area (Å²) in [6, 6.07) is 12.4. The normalized spacial score (nSPS) is 10.9. The van der Waals surface area contributed by atoms with Gasteiger partial charge in [-0.15, -0.1) is 11.3 Å². The first-order valence-corrected chi connectivity index (χ1v) is 9.77. The smallest absolute Gasteiger partial charge is 0.230 e. The van der Waals surface area contributed by atoms with E-state index in [1.165, 1.54) is 22.2 Å². The molecule has 124 valence electrons. The van der Waals surface area contributed by atoms with Gasteiger partial charge < -0.3 is 5.32 Å². The predicted octanol–water partition coefficient (Wildman–Crippen LogP) is 4.37. The third kappa shape index (κ3) is 4.13. The average molecular weight is 358 g/mol. The van der Waals surface area contributed by atoms with Crippen molar-refractivity contribution in [2.75, 3.05) is 12.3 Å². The molecule has 0 bridgehead atoms. The summed E-state index contributed by atoms with van der Waals surface area (Å²) in [4.78, 5) is 22.7. The molecule has 24 heavy (non-hydrogen) atoms. The Morgan fingerprint density at radius 2 is 2.08 bits per heavy atom. The number of rotatable bonds is 7. The molecule has 6 heteroatoms. The molecular weight excluding hydrogens is 338 g/mol. The summed E-state index contributed by atoms with van der Waals surface area (Å²) in [6.45, 7) is 2.85. The zero-order chi connectivity index (χ0) is 16.8. The number of nitrogens with one attached hydrogen (secondary N) is 1. The molecule has 0 saturated heterocycles. The second kappa shape index (κ2) is 8.26. The highest BCUT2D eigenvalue weighted by Gasteiger charge is 2.12. The highest BCUT2D eigenvalue weighted by atomic mass is 32.2. The zero-order valence-corrected chi connectivity index (χ0v) is 15.1. The number of fused-ring (bicyclic) bond motifs is 1. The number of thiophene rings is 1. The fourth-order valence-electron chi connectivity index (χ4n) is 2.28. The van der Waals surface area contributed by atoms with Gasteiger partial charge in [0.05, 0.1) is 5.75 Å². The van der Waals surface area contributed by atoms with Gasteiger partial charge in [-0.1, -0.05) is 55.4 Å². The van der Waals surface area contributed by atoms with E-state index in [-0.39, 0.29) is 5.91 Å². The topological polar surface area (TPSA) is 54.9 Å². The summed E-state index contributed by atoms with van der Waals surface area (Å²) in [5.41, 5.74) is 1.17. The predicted molar refractivity (Wildman–Crippen MR) is 101 cm³/mol. The van der Waals surface area contributed by atoms with Gasteiger partial charge in [-0.05, 0) is 18.1 Å². The summed E-state index contributed by atoms with van der Waals surface area (Å²) < 4.78 is 0. The maximum atomic E-state index is 11.9. The van der Waals surface area contributed by atoms with Gasteiger partial charge in [0, 0.05) is 16.8 Å². The molecular formula is C18H19N3OS2. The van der Waals surface area contributed by atoms with Crippen LogP contribution in [-0.2, 0) is 4.79 Å². The van der Waals surface area contributed by atoms with Crippen LogP contribution >= 0.6 is 23.1 Å². The van der Waals surface area contributed by atoms with Crippen LogP contribution in [0.15, 0.2) is 47.8 Å². The van der Waals surface area contributed by atoms with E-state index in [4.69, 9.17) is 0 Å². The number of carbonyl (C=O) groups is 1. The fraction of sp³-hybridized carbons (Fsp3) is 0.278. The second-order valence-corrected chi connectivity index (χ2v) is 7.36. The number of hydrogen-bond donors (Lipinski definition) is 1. The summed E-state index contributed by atoms with van der Waals surface area (Å²) in [7, 11) is 0. The van der Waals surface area contributed by atoms with E-state index in [9.17, 15) is 4.79 Å². The maximum Gasteiger partial charge on any atom is 0.230 e. The van der Waals surface area contributed by atoms with Crippen LogP contribution in [0.4, 0.5) is 0 Å². The van der Waals surface area contributed by atoms with Crippen LogP contribution in [0.2, 0.25) is 0 Å². The average Bonchev–Trinajstić information content (AvgIpc) is 3.06.